The lowest BCUT2D eigenvalue weighted by Gasteiger charge is -2.17. The van der Waals surface area contributed by atoms with Crippen molar-refractivity contribution in [2.75, 3.05) is 13.7 Å². The van der Waals surface area contributed by atoms with Gasteiger partial charge in [-0.1, -0.05) is 35.9 Å². The number of carbonyl (C=O) groups is 1. The minimum atomic E-state index is -0.570. The van der Waals surface area contributed by atoms with E-state index in [1.807, 2.05) is 12.1 Å². The Hall–Kier alpha value is -2.24. The summed E-state index contributed by atoms with van der Waals surface area (Å²) in [6.07, 6.45) is 0.942. The zero-order valence-corrected chi connectivity index (χ0v) is 16.1. The van der Waals surface area contributed by atoms with Crippen molar-refractivity contribution in [1.29, 1.82) is 0 Å². The average Bonchev–Trinajstić information content (AvgIpc) is 2.60. The molecule has 0 bridgehead atoms. The highest BCUT2D eigenvalue weighted by atomic mass is 35.5. The standard InChI is InChI=1S/C20H25ClN2O3/c1-13-6-4-5-7-16(13)8-14(2)23-11-15-9-17(21)20(18(10-15)25-3)26-12-19(22)24/h4-7,9-10,14,23H,8,11-12H2,1-3H3,(H2,22,24). The lowest BCUT2D eigenvalue weighted by Crippen LogP contribution is -2.27. The molecule has 1 unspecified atom stereocenters. The second-order valence-corrected chi connectivity index (χ2v) is 6.68. The van der Waals surface area contributed by atoms with Crippen molar-refractivity contribution in [3.63, 3.8) is 0 Å². The fourth-order valence-electron chi connectivity index (χ4n) is 2.69. The number of ether oxygens (including phenoxy) is 2. The number of amides is 1. The van der Waals surface area contributed by atoms with Gasteiger partial charge in [0.2, 0.25) is 0 Å². The number of primary amides is 1. The largest absolute Gasteiger partial charge is 0.493 e. The lowest BCUT2D eigenvalue weighted by atomic mass is 10.0. The topological polar surface area (TPSA) is 73.6 Å². The maximum absolute atomic E-state index is 10.9. The van der Waals surface area contributed by atoms with Crippen LogP contribution < -0.4 is 20.5 Å². The molecule has 1 amide bonds. The fraction of sp³-hybridized carbons (Fsp3) is 0.350. The first-order valence-electron chi connectivity index (χ1n) is 8.46. The first-order chi connectivity index (χ1) is 12.4. The van der Waals surface area contributed by atoms with Gasteiger partial charge in [-0.25, -0.2) is 0 Å². The third-order valence-corrected chi connectivity index (χ3v) is 4.37. The smallest absolute Gasteiger partial charge is 0.255 e. The minimum Gasteiger partial charge on any atom is -0.493 e. The molecule has 0 heterocycles. The van der Waals surface area contributed by atoms with Crippen molar-refractivity contribution in [3.05, 3.63) is 58.1 Å². The number of nitrogens with one attached hydrogen (secondary N) is 1. The second-order valence-electron chi connectivity index (χ2n) is 6.28. The number of benzene rings is 2. The van der Waals surface area contributed by atoms with Crippen LogP contribution in [0.5, 0.6) is 11.5 Å². The van der Waals surface area contributed by atoms with Crippen LogP contribution in [0.1, 0.15) is 23.6 Å². The van der Waals surface area contributed by atoms with Crippen molar-refractivity contribution in [1.82, 2.24) is 5.32 Å². The molecule has 0 spiro atoms. The molecular weight excluding hydrogens is 352 g/mol. The number of aryl methyl sites for hydroxylation is 1. The molecule has 2 aromatic rings. The van der Waals surface area contributed by atoms with Gasteiger partial charge < -0.3 is 20.5 Å². The lowest BCUT2D eigenvalue weighted by molar-refractivity contribution is -0.119. The molecule has 0 aliphatic rings. The number of rotatable bonds is 9. The van der Waals surface area contributed by atoms with Crippen LogP contribution >= 0.6 is 11.6 Å². The molecule has 0 fully saturated rings. The zero-order chi connectivity index (χ0) is 19.1. The van der Waals surface area contributed by atoms with E-state index in [2.05, 4.69) is 37.4 Å². The Morgan fingerprint density at radius 1 is 1.31 bits per heavy atom. The Kier molecular flexibility index (Phi) is 7.30. The Morgan fingerprint density at radius 3 is 2.69 bits per heavy atom. The normalized spacial score (nSPS) is 11.8. The monoisotopic (exact) mass is 376 g/mol. The van der Waals surface area contributed by atoms with Gasteiger partial charge >= 0.3 is 0 Å². The van der Waals surface area contributed by atoms with Crippen LogP contribution in [-0.2, 0) is 17.8 Å². The third-order valence-electron chi connectivity index (χ3n) is 4.09. The van der Waals surface area contributed by atoms with E-state index in [1.165, 1.54) is 18.2 Å². The molecule has 3 N–H and O–H groups in total. The number of nitrogens with two attached hydrogens (primary N) is 1. The highest BCUT2D eigenvalue weighted by molar-refractivity contribution is 6.32. The minimum absolute atomic E-state index is 0.249. The van der Waals surface area contributed by atoms with Crippen LogP contribution in [0.15, 0.2) is 36.4 Å². The van der Waals surface area contributed by atoms with Crippen molar-refractivity contribution in [3.8, 4) is 11.5 Å². The van der Waals surface area contributed by atoms with Gasteiger partial charge in [0.15, 0.2) is 18.1 Å². The van der Waals surface area contributed by atoms with Gasteiger partial charge in [0.25, 0.3) is 5.91 Å². The summed E-state index contributed by atoms with van der Waals surface area (Å²) >= 11 is 6.28. The van der Waals surface area contributed by atoms with Crippen molar-refractivity contribution < 1.29 is 14.3 Å². The molecule has 0 aliphatic carbocycles. The van der Waals surface area contributed by atoms with E-state index in [0.717, 1.165) is 12.0 Å². The van der Waals surface area contributed by atoms with E-state index < -0.39 is 5.91 Å². The highest BCUT2D eigenvalue weighted by Crippen LogP contribution is 2.36. The van der Waals surface area contributed by atoms with E-state index >= 15 is 0 Å². The molecule has 2 aromatic carbocycles. The van der Waals surface area contributed by atoms with Gasteiger partial charge in [-0.05, 0) is 49.1 Å². The van der Waals surface area contributed by atoms with E-state index in [9.17, 15) is 4.79 Å². The number of carbonyl (C=O) groups excluding carboxylic acids is 1. The van der Waals surface area contributed by atoms with Gasteiger partial charge in [-0.15, -0.1) is 0 Å². The van der Waals surface area contributed by atoms with E-state index in [0.29, 0.717) is 29.1 Å². The number of hydrogen-bond donors (Lipinski definition) is 2. The Morgan fingerprint density at radius 2 is 2.04 bits per heavy atom. The summed E-state index contributed by atoms with van der Waals surface area (Å²) in [6.45, 7) is 4.66. The molecule has 5 nitrogen and oxygen atoms in total. The molecule has 0 saturated heterocycles. The predicted molar refractivity (Wildman–Crippen MR) is 104 cm³/mol. The zero-order valence-electron chi connectivity index (χ0n) is 15.3. The molecular formula is C20H25ClN2O3. The first-order valence-corrected chi connectivity index (χ1v) is 8.84. The van der Waals surface area contributed by atoms with Crippen molar-refractivity contribution >= 4 is 17.5 Å². The Bertz CT molecular complexity index is 765. The first kappa shape index (κ1) is 20.1. The summed E-state index contributed by atoms with van der Waals surface area (Å²) in [4.78, 5) is 10.9. The molecule has 26 heavy (non-hydrogen) atoms. The van der Waals surface area contributed by atoms with Gasteiger partial charge in [0, 0.05) is 12.6 Å². The van der Waals surface area contributed by atoms with Crippen LogP contribution in [0.4, 0.5) is 0 Å². The van der Waals surface area contributed by atoms with E-state index in [4.69, 9.17) is 26.8 Å². The SMILES string of the molecule is COc1cc(CNC(C)Cc2ccccc2C)cc(Cl)c1OCC(N)=O. The van der Waals surface area contributed by atoms with Crippen LogP contribution in [0.3, 0.4) is 0 Å². The average molecular weight is 377 g/mol. The molecule has 2 rings (SSSR count). The van der Waals surface area contributed by atoms with Gasteiger partial charge in [-0.2, -0.15) is 0 Å². The highest BCUT2D eigenvalue weighted by Gasteiger charge is 2.14. The Labute approximate surface area is 159 Å². The number of hydrogen-bond acceptors (Lipinski definition) is 4. The summed E-state index contributed by atoms with van der Waals surface area (Å²) in [5.41, 5.74) is 8.70. The predicted octanol–water partition coefficient (Wildman–Crippen LogP) is 3.24. The van der Waals surface area contributed by atoms with Crippen LogP contribution in [0, 0.1) is 6.92 Å². The molecule has 0 aliphatic heterocycles. The summed E-state index contributed by atoms with van der Waals surface area (Å²) in [6, 6.07) is 12.3. The molecule has 0 radical (unpaired) electrons. The van der Waals surface area contributed by atoms with Crippen LogP contribution in [-0.4, -0.2) is 25.7 Å². The van der Waals surface area contributed by atoms with Crippen LogP contribution in [0.25, 0.3) is 0 Å². The quantitative estimate of drug-likeness (QED) is 0.704. The van der Waals surface area contributed by atoms with Crippen molar-refractivity contribution in [2.24, 2.45) is 5.73 Å². The maximum atomic E-state index is 10.9. The summed E-state index contributed by atoms with van der Waals surface area (Å²) in [5, 5.41) is 3.88. The van der Waals surface area contributed by atoms with Gasteiger partial charge in [0.05, 0.1) is 12.1 Å². The summed E-state index contributed by atoms with van der Waals surface area (Å²) in [7, 11) is 1.53. The molecule has 0 aromatic heterocycles. The van der Waals surface area contributed by atoms with E-state index in [1.54, 1.807) is 6.07 Å². The maximum Gasteiger partial charge on any atom is 0.255 e. The Balaban J connectivity index is 2.01. The van der Waals surface area contributed by atoms with Gasteiger partial charge in [-0.3, -0.25) is 4.79 Å². The fourth-order valence-corrected chi connectivity index (χ4v) is 2.98. The molecule has 0 saturated carbocycles. The molecule has 6 heteroatoms. The van der Waals surface area contributed by atoms with E-state index in [-0.39, 0.29) is 6.61 Å². The number of halogens is 1. The summed E-state index contributed by atoms with van der Waals surface area (Å²) < 4.78 is 10.7. The molecule has 1 atom stereocenters. The number of methoxy groups -OCH3 is 1. The second kappa shape index (κ2) is 9.46. The summed E-state index contributed by atoms with van der Waals surface area (Å²) in [5.74, 6) is 0.227. The van der Waals surface area contributed by atoms with Crippen LogP contribution in [0.2, 0.25) is 5.02 Å². The van der Waals surface area contributed by atoms with Crippen molar-refractivity contribution in [2.45, 2.75) is 32.9 Å². The third kappa shape index (κ3) is 5.64. The van der Waals surface area contributed by atoms with Gasteiger partial charge in [0.1, 0.15) is 0 Å². The molecule has 140 valence electrons.